The monoisotopic (exact) mass is 251 g/mol. The van der Waals surface area contributed by atoms with Crippen LogP contribution in [-0.2, 0) is 19.4 Å². The van der Waals surface area contributed by atoms with E-state index in [4.69, 9.17) is 5.11 Å². The highest BCUT2D eigenvalue weighted by Gasteiger charge is 2.21. The van der Waals surface area contributed by atoms with Gasteiger partial charge in [0.25, 0.3) is 0 Å². The van der Waals surface area contributed by atoms with Gasteiger partial charge in [0.05, 0.1) is 5.75 Å². The number of hydrogen-bond donors (Lipinski definition) is 2. The van der Waals surface area contributed by atoms with Gasteiger partial charge in [-0.2, -0.15) is 0 Å². The van der Waals surface area contributed by atoms with Crippen molar-refractivity contribution in [2.45, 2.75) is 26.8 Å². The molecule has 0 aromatic carbocycles. The highest BCUT2D eigenvalue weighted by atomic mass is 32.2. The number of aliphatic carboxylic acids is 1. The Morgan fingerprint density at radius 3 is 2.12 bits per heavy atom. The SMILES string of the molecule is CC(C)CS(=O)(=O)CC(=O)N[C@H](C)C(=O)O. The van der Waals surface area contributed by atoms with Gasteiger partial charge in [-0.25, -0.2) is 8.42 Å². The Bertz CT molecular complexity index is 360. The van der Waals surface area contributed by atoms with E-state index >= 15 is 0 Å². The number of nitrogens with one attached hydrogen (secondary N) is 1. The molecular formula is C9H17NO5S. The summed E-state index contributed by atoms with van der Waals surface area (Å²) in [5.41, 5.74) is 0. The first kappa shape index (κ1) is 14.9. The number of hydrogen-bond acceptors (Lipinski definition) is 4. The first-order chi connectivity index (χ1) is 7.14. The van der Waals surface area contributed by atoms with E-state index in [2.05, 4.69) is 5.32 Å². The van der Waals surface area contributed by atoms with E-state index in [0.29, 0.717) is 0 Å². The average Bonchev–Trinajstić information content (AvgIpc) is 1.98. The molecule has 0 spiro atoms. The van der Waals surface area contributed by atoms with E-state index in [0.717, 1.165) is 0 Å². The number of carbonyl (C=O) groups excluding carboxylic acids is 1. The predicted octanol–water partition coefficient (Wildman–Crippen LogP) is -0.353. The van der Waals surface area contributed by atoms with Crippen LogP contribution >= 0.6 is 0 Å². The van der Waals surface area contributed by atoms with Gasteiger partial charge in [0.2, 0.25) is 5.91 Å². The van der Waals surface area contributed by atoms with Gasteiger partial charge in [0, 0.05) is 0 Å². The Balaban J connectivity index is 4.30. The quantitative estimate of drug-likeness (QED) is 0.671. The van der Waals surface area contributed by atoms with Gasteiger partial charge in [0.1, 0.15) is 11.8 Å². The second-order valence-electron chi connectivity index (χ2n) is 4.08. The molecule has 6 nitrogen and oxygen atoms in total. The summed E-state index contributed by atoms with van der Waals surface area (Å²) in [7, 11) is -3.46. The van der Waals surface area contributed by atoms with Gasteiger partial charge in [-0.05, 0) is 12.8 Å². The molecule has 0 aromatic rings. The molecule has 0 rings (SSSR count). The molecule has 0 unspecified atom stereocenters. The van der Waals surface area contributed by atoms with E-state index in [9.17, 15) is 18.0 Å². The Morgan fingerprint density at radius 1 is 1.25 bits per heavy atom. The lowest BCUT2D eigenvalue weighted by Gasteiger charge is -2.10. The lowest BCUT2D eigenvalue weighted by atomic mass is 10.3. The van der Waals surface area contributed by atoms with Crippen LogP contribution in [-0.4, -0.2) is 42.9 Å². The van der Waals surface area contributed by atoms with Gasteiger partial charge < -0.3 is 10.4 Å². The van der Waals surface area contributed by atoms with Crippen molar-refractivity contribution in [2.24, 2.45) is 5.92 Å². The minimum atomic E-state index is -3.46. The van der Waals surface area contributed by atoms with Gasteiger partial charge in [-0.3, -0.25) is 9.59 Å². The molecule has 7 heteroatoms. The zero-order valence-corrected chi connectivity index (χ0v) is 10.4. The van der Waals surface area contributed by atoms with Crippen LogP contribution in [0.1, 0.15) is 20.8 Å². The molecule has 0 fully saturated rings. The molecule has 16 heavy (non-hydrogen) atoms. The third-order valence-corrected chi connectivity index (χ3v) is 3.56. The molecule has 1 amide bonds. The van der Waals surface area contributed by atoms with Crippen LogP contribution in [0.25, 0.3) is 0 Å². The van der Waals surface area contributed by atoms with Gasteiger partial charge in [0.15, 0.2) is 9.84 Å². The minimum Gasteiger partial charge on any atom is -0.480 e. The summed E-state index contributed by atoms with van der Waals surface area (Å²) < 4.78 is 22.8. The fourth-order valence-corrected chi connectivity index (χ4v) is 2.73. The number of carboxylic acids is 1. The summed E-state index contributed by atoms with van der Waals surface area (Å²) in [6.07, 6.45) is 0. The molecule has 1 atom stereocenters. The van der Waals surface area contributed by atoms with Crippen LogP contribution in [0.2, 0.25) is 0 Å². The highest BCUT2D eigenvalue weighted by Crippen LogP contribution is 2.00. The van der Waals surface area contributed by atoms with Crippen molar-refractivity contribution in [3.63, 3.8) is 0 Å². The van der Waals surface area contributed by atoms with Gasteiger partial charge in [-0.1, -0.05) is 13.8 Å². The van der Waals surface area contributed by atoms with Gasteiger partial charge >= 0.3 is 5.97 Å². The van der Waals surface area contributed by atoms with E-state index in [-0.39, 0.29) is 11.7 Å². The van der Waals surface area contributed by atoms with Crippen LogP contribution in [0.15, 0.2) is 0 Å². The van der Waals surface area contributed by atoms with Crippen LogP contribution in [0.3, 0.4) is 0 Å². The average molecular weight is 251 g/mol. The third kappa shape index (κ3) is 6.39. The minimum absolute atomic E-state index is 0.0605. The topological polar surface area (TPSA) is 101 Å². The molecule has 0 radical (unpaired) electrons. The largest absolute Gasteiger partial charge is 0.480 e. The molecule has 2 N–H and O–H groups in total. The summed E-state index contributed by atoms with van der Waals surface area (Å²) in [6, 6.07) is -1.08. The maximum Gasteiger partial charge on any atom is 0.325 e. The van der Waals surface area contributed by atoms with Crippen molar-refractivity contribution in [2.75, 3.05) is 11.5 Å². The van der Waals surface area contributed by atoms with Crippen LogP contribution in [0, 0.1) is 5.92 Å². The highest BCUT2D eigenvalue weighted by molar-refractivity contribution is 7.92. The van der Waals surface area contributed by atoms with Crippen LogP contribution < -0.4 is 5.32 Å². The zero-order valence-electron chi connectivity index (χ0n) is 9.56. The van der Waals surface area contributed by atoms with E-state index in [1.807, 2.05) is 0 Å². The van der Waals surface area contributed by atoms with Crippen molar-refractivity contribution in [1.29, 1.82) is 0 Å². The molecule has 0 aromatic heterocycles. The molecule has 0 bridgehead atoms. The standard InChI is InChI=1S/C9H17NO5S/c1-6(2)4-16(14,15)5-8(11)10-7(3)9(12)13/h6-7H,4-5H2,1-3H3,(H,10,11)(H,12,13)/t7-/m1/s1. The number of carboxylic acid groups (broad SMARTS) is 1. The van der Waals surface area contributed by atoms with Crippen molar-refractivity contribution in [1.82, 2.24) is 5.32 Å². The van der Waals surface area contributed by atoms with E-state index in [1.54, 1.807) is 13.8 Å². The maximum atomic E-state index is 11.4. The van der Waals surface area contributed by atoms with Crippen molar-refractivity contribution < 1.29 is 23.1 Å². The summed E-state index contributed by atoms with van der Waals surface area (Å²) >= 11 is 0. The van der Waals surface area contributed by atoms with Crippen LogP contribution in [0.5, 0.6) is 0 Å². The molecule has 0 aliphatic carbocycles. The third-order valence-electron chi connectivity index (χ3n) is 1.69. The fourth-order valence-electron chi connectivity index (χ4n) is 1.11. The maximum absolute atomic E-state index is 11.4. The Labute approximate surface area is 95.0 Å². The van der Waals surface area contributed by atoms with E-state index < -0.39 is 33.5 Å². The van der Waals surface area contributed by atoms with Crippen molar-refractivity contribution in [3.05, 3.63) is 0 Å². The Kier molecular flexibility index (Phi) is 5.43. The Morgan fingerprint density at radius 2 is 1.75 bits per heavy atom. The van der Waals surface area contributed by atoms with Crippen molar-refractivity contribution in [3.8, 4) is 0 Å². The fraction of sp³-hybridized carbons (Fsp3) is 0.778. The van der Waals surface area contributed by atoms with Crippen LogP contribution in [0.4, 0.5) is 0 Å². The smallest absolute Gasteiger partial charge is 0.325 e. The first-order valence-electron chi connectivity index (χ1n) is 4.86. The lowest BCUT2D eigenvalue weighted by Crippen LogP contribution is -2.41. The summed E-state index contributed by atoms with van der Waals surface area (Å²) in [5.74, 6) is -2.79. The van der Waals surface area contributed by atoms with Gasteiger partial charge in [-0.15, -0.1) is 0 Å². The molecule has 0 aliphatic rings. The molecule has 0 heterocycles. The Hall–Kier alpha value is -1.11. The van der Waals surface area contributed by atoms with Crippen molar-refractivity contribution >= 4 is 21.7 Å². The lowest BCUT2D eigenvalue weighted by molar-refractivity contribution is -0.140. The second kappa shape index (κ2) is 5.83. The second-order valence-corrected chi connectivity index (χ2v) is 6.19. The summed E-state index contributed by atoms with van der Waals surface area (Å²) in [5, 5.41) is 10.6. The normalized spacial score (nSPS) is 13.5. The number of amides is 1. The first-order valence-corrected chi connectivity index (χ1v) is 6.69. The molecular weight excluding hydrogens is 234 g/mol. The number of rotatable bonds is 6. The summed E-state index contributed by atoms with van der Waals surface area (Å²) in [6.45, 7) is 4.74. The van der Waals surface area contributed by atoms with E-state index in [1.165, 1.54) is 6.92 Å². The molecule has 94 valence electrons. The predicted molar refractivity (Wildman–Crippen MR) is 58.7 cm³/mol. The number of carbonyl (C=O) groups is 2. The molecule has 0 saturated carbocycles. The summed E-state index contributed by atoms with van der Waals surface area (Å²) in [4.78, 5) is 21.6. The zero-order chi connectivity index (χ0) is 12.9. The number of sulfone groups is 1. The molecule has 0 aliphatic heterocycles. The molecule has 0 saturated heterocycles.